The normalized spacial score (nSPS) is 15.7. The molecular formula is C15H18N4O4. The molecule has 0 aliphatic carbocycles. The van der Waals surface area contributed by atoms with Gasteiger partial charge in [-0.3, -0.25) is 19.5 Å². The highest BCUT2D eigenvalue weighted by Gasteiger charge is 2.16. The molecule has 3 heterocycles. The van der Waals surface area contributed by atoms with Gasteiger partial charge in [-0.05, 0) is 18.2 Å². The molecule has 23 heavy (non-hydrogen) atoms. The van der Waals surface area contributed by atoms with Crippen molar-refractivity contribution in [1.82, 2.24) is 19.9 Å². The lowest BCUT2D eigenvalue weighted by Crippen LogP contribution is -2.42. The summed E-state index contributed by atoms with van der Waals surface area (Å²) in [5, 5.41) is 12.6. The summed E-state index contributed by atoms with van der Waals surface area (Å²) in [6.07, 6.45) is 1.53. The maximum absolute atomic E-state index is 12.2. The van der Waals surface area contributed by atoms with E-state index in [0.29, 0.717) is 36.6 Å². The predicted octanol–water partition coefficient (Wildman–Crippen LogP) is -0.304. The molecule has 0 spiro atoms. The first-order valence-electron chi connectivity index (χ1n) is 7.45. The number of fused-ring (bicyclic) bond motifs is 1. The summed E-state index contributed by atoms with van der Waals surface area (Å²) in [5.41, 5.74) is -0.231. The van der Waals surface area contributed by atoms with Crippen LogP contribution in [0.15, 0.2) is 29.2 Å². The van der Waals surface area contributed by atoms with Crippen LogP contribution in [0.1, 0.15) is 10.4 Å². The molecule has 0 aromatic carbocycles. The van der Waals surface area contributed by atoms with Crippen molar-refractivity contribution in [3.8, 4) is 0 Å². The van der Waals surface area contributed by atoms with E-state index in [9.17, 15) is 14.8 Å². The van der Waals surface area contributed by atoms with Crippen LogP contribution in [0.3, 0.4) is 0 Å². The molecule has 8 nitrogen and oxygen atoms in total. The van der Waals surface area contributed by atoms with Gasteiger partial charge >= 0.3 is 0 Å². The van der Waals surface area contributed by atoms with Crippen LogP contribution < -0.4 is 10.9 Å². The number of pyridine rings is 2. The minimum absolute atomic E-state index is 0.124. The van der Waals surface area contributed by atoms with Crippen molar-refractivity contribution >= 4 is 16.9 Å². The Bertz CT molecular complexity index is 768. The highest BCUT2D eigenvalue weighted by atomic mass is 16.5. The highest BCUT2D eigenvalue weighted by molar-refractivity contribution is 5.96. The number of amides is 1. The maximum atomic E-state index is 12.2. The van der Waals surface area contributed by atoms with Crippen LogP contribution in [-0.2, 0) is 4.74 Å². The van der Waals surface area contributed by atoms with Crippen LogP contribution >= 0.6 is 0 Å². The van der Waals surface area contributed by atoms with E-state index in [-0.39, 0.29) is 11.1 Å². The fourth-order valence-corrected chi connectivity index (χ4v) is 2.53. The molecule has 122 valence electrons. The van der Waals surface area contributed by atoms with E-state index in [1.165, 1.54) is 12.3 Å². The Labute approximate surface area is 132 Å². The summed E-state index contributed by atoms with van der Waals surface area (Å²) in [6, 6.07) is 4.56. The van der Waals surface area contributed by atoms with E-state index in [1.807, 2.05) is 0 Å². The van der Waals surface area contributed by atoms with Crippen LogP contribution in [0.5, 0.6) is 0 Å². The van der Waals surface area contributed by atoms with Crippen LogP contribution in [0.4, 0.5) is 0 Å². The van der Waals surface area contributed by atoms with E-state index in [1.54, 1.807) is 12.1 Å². The van der Waals surface area contributed by atoms with Gasteiger partial charge in [0.15, 0.2) is 0 Å². The SMILES string of the molecule is O=C(NCCN1CCOCC1)c1cc2ncccc2n(O)c1=O. The Kier molecular flexibility index (Phi) is 4.54. The summed E-state index contributed by atoms with van der Waals surface area (Å²) < 4.78 is 5.72. The zero-order chi connectivity index (χ0) is 16.2. The van der Waals surface area contributed by atoms with Gasteiger partial charge in [0.2, 0.25) is 0 Å². The van der Waals surface area contributed by atoms with Crippen LogP contribution in [0.2, 0.25) is 0 Å². The Morgan fingerprint density at radius 2 is 2.17 bits per heavy atom. The fraction of sp³-hybridized carbons (Fsp3) is 0.400. The molecule has 1 fully saturated rings. The zero-order valence-electron chi connectivity index (χ0n) is 12.6. The first-order chi connectivity index (χ1) is 11.2. The number of nitrogens with one attached hydrogen (secondary N) is 1. The largest absolute Gasteiger partial charge is 0.425 e. The number of ether oxygens (including phenoxy) is 1. The number of rotatable bonds is 4. The Balaban J connectivity index is 1.70. The van der Waals surface area contributed by atoms with Gasteiger partial charge in [-0.25, -0.2) is 0 Å². The number of hydrogen-bond acceptors (Lipinski definition) is 6. The molecule has 1 aliphatic heterocycles. The predicted molar refractivity (Wildman–Crippen MR) is 82.8 cm³/mol. The number of aromatic nitrogens is 2. The van der Waals surface area contributed by atoms with Gasteiger partial charge in [-0.2, -0.15) is 0 Å². The molecule has 2 aromatic rings. The van der Waals surface area contributed by atoms with E-state index < -0.39 is 11.5 Å². The fourth-order valence-electron chi connectivity index (χ4n) is 2.53. The van der Waals surface area contributed by atoms with Gasteiger partial charge in [0.05, 0.1) is 18.7 Å². The van der Waals surface area contributed by atoms with Gasteiger partial charge < -0.3 is 15.3 Å². The molecule has 1 amide bonds. The topological polar surface area (TPSA) is 96.7 Å². The quantitative estimate of drug-likeness (QED) is 0.751. The molecule has 1 aliphatic rings. The standard InChI is InChI=1S/C15H18N4O4/c20-14(17-4-5-18-6-8-23-9-7-18)11-10-12-13(2-1-3-16-12)19(22)15(11)21/h1-3,10,22H,4-9H2,(H,17,20). The number of morpholine rings is 1. The van der Waals surface area contributed by atoms with Crippen molar-refractivity contribution in [2.45, 2.75) is 0 Å². The molecule has 1 saturated heterocycles. The molecule has 8 heteroatoms. The van der Waals surface area contributed by atoms with Crippen molar-refractivity contribution in [2.75, 3.05) is 39.4 Å². The smallest absolute Gasteiger partial charge is 0.296 e. The van der Waals surface area contributed by atoms with Crippen molar-refractivity contribution in [2.24, 2.45) is 0 Å². The van der Waals surface area contributed by atoms with E-state index in [0.717, 1.165) is 13.1 Å². The summed E-state index contributed by atoms with van der Waals surface area (Å²) in [5.74, 6) is -0.515. The summed E-state index contributed by atoms with van der Waals surface area (Å²) in [6.45, 7) is 4.16. The molecule has 0 bridgehead atoms. The Morgan fingerprint density at radius 3 is 2.96 bits per heavy atom. The first kappa shape index (κ1) is 15.4. The van der Waals surface area contributed by atoms with Crippen molar-refractivity contribution in [3.05, 3.63) is 40.3 Å². The average Bonchev–Trinajstić information content (AvgIpc) is 2.59. The molecule has 0 radical (unpaired) electrons. The van der Waals surface area contributed by atoms with Crippen LogP contribution in [0, 0.1) is 0 Å². The number of carbonyl (C=O) groups is 1. The molecule has 0 atom stereocenters. The number of hydrogen-bond donors (Lipinski definition) is 2. The molecule has 0 unspecified atom stereocenters. The van der Waals surface area contributed by atoms with Crippen molar-refractivity contribution < 1.29 is 14.7 Å². The lowest BCUT2D eigenvalue weighted by molar-refractivity contribution is 0.0383. The molecule has 2 N–H and O–H groups in total. The van der Waals surface area contributed by atoms with Gasteiger partial charge in [-0.1, -0.05) is 0 Å². The van der Waals surface area contributed by atoms with E-state index >= 15 is 0 Å². The molecular weight excluding hydrogens is 300 g/mol. The summed E-state index contributed by atoms with van der Waals surface area (Å²) >= 11 is 0. The van der Waals surface area contributed by atoms with Crippen LogP contribution in [0.25, 0.3) is 11.0 Å². The third kappa shape index (κ3) is 3.33. The van der Waals surface area contributed by atoms with Gasteiger partial charge in [0.1, 0.15) is 11.1 Å². The second-order valence-corrected chi connectivity index (χ2v) is 5.29. The Hall–Kier alpha value is -2.45. The lowest BCUT2D eigenvalue weighted by atomic mass is 10.2. The first-order valence-corrected chi connectivity index (χ1v) is 7.45. The number of carbonyl (C=O) groups excluding carboxylic acids is 1. The second kappa shape index (κ2) is 6.76. The second-order valence-electron chi connectivity index (χ2n) is 5.29. The molecule has 2 aromatic heterocycles. The van der Waals surface area contributed by atoms with E-state index in [2.05, 4.69) is 15.2 Å². The molecule has 0 saturated carbocycles. The monoisotopic (exact) mass is 318 g/mol. The van der Waals surface area contributed by atoms with Crippen molar-refractivity contribution in [1.29, 1.82) is 0 Å². The third-order valence-electron chi connectivity index (χ3n) is 3.81. The maximum Gasteiger partial charge on any atom is 0.296 e. The lowest BCUT2D eigenvalue weighted by Gasteiger charge is -2.26. The summed E-state index contributed by atoms with van der Waals surface area (Å²) in [7, 11) is 0. The Morgan fingerprint density at radius 1 is 1.39 bits per heavy atom. The minimum atomic E-state index is -0.755. The van der Waals surface area contributed by atoms with Crippen molar-refractivity contribution in [3.63, 3.8) is 0 Å². The van der Waals surface area contributed by atoms with Crippen LogP contribution in [-0.4, -0.2) is 65.1 Å². The van der Waals surface area contributed by atoms with E-state index in [4.69, 9.17) is 4.74 Å². The van der Waals surface area contributed by atoms with Gasteiger partial charge in [-0.15, -0.1) is 4.73 Å². The zero-order valence-corrected chi connectivity index (χ0v) is 12.6. The third-order valence-corrected chi connectivity index (χ3v) is 3.81. The van der Waals surface area contributed by atoms with Gasteiger partial charge in [0, 0.05) is 32.4 Å². The number of nitrogens with zero attached hydrogens (tertiary/aromatic N) is 3. The van der Waals surface area contributed by atoms with Gasteiger partial charge in [0.25, 0.3) is 11.5 Å². The molecule has 3 rings (SSSR count). The summed E-state index contributed by atoms with van der Waals surface area (Å²) in [4.78, 5) is 30.5. The average molecular weight is 318 g/mol. The minimum Gasteiger partial charge on any atom is -0.425 e. The highest BCUT2D eigenvalue weighted by Crippen LogP contribution is 2.09.